The number of likely N-dealkylation sites (N-methyl/N-ethyl adjacent to an activating group) is 1. The number of hydrogen-bond acceptors (Lipinski definition) is 4. The van der Waals surface area contributed by atoms with Gasteiger partial charge >= 0.3 is 0 Å². The van der Waals surface area contributed by atoms with Gasteiger partial charge in [0.15, 0.2) is 0 Å². The Morgan fingerprint density at radius 3 is 2.58 bits per heavy atom. The van der Waals surface area contributed by atoms with E-state index >= 15 is 0 Å². The molecule has 0 radical (unpaired) electrons. The summed E-state index contributed by atoms with van der Waals surface area (Å²) in [7, 11) is 3.31. The minimum absolute atomic E-state index is 0.0192. The maximum Gasteiger partial charge on any atom is 0.248 e. The minimum atomic E-state index is -0.272. The zero-order valence-corrected chi connectivity index (χ0v) is 18.8. The predicted octanol–water partition coefficient (Wildman–Crippen LogP) is 3.86. The Morgan fingerprint density at radius 1 is 1.26 bits per heavy atom. The molecule has 1 aliphatic rings. The number of carbonyl (C=O) groups excluding carboxylic acids is 2. The molecule has 1 aromatic heterocycles. The molecule has 0 saturated carbocycles. The number of methoxy groups -OCH3 is 1. The molecule has 7 heteroatoms. The molecule has 3 rings (SSSR count). The lowest BCUT2D eigenvalue weighted by Gasteiger charge is -2.40. The summed E-state index contributed by atoms with van der Waals surface area (Å²) < 4.78 is 18.3. The third-order valence-corrected chi connectivity index (χ3v) is 6.68. The summed E-state index contributed by atoms with van der Waals surface area (Å²) >= 11 is 1.60. The van der Waals surface area contributed by atoms with Gasteiger partial charge in [0.1, 0.15) is 12.4 Å². The van der Waals surface area contributed by atoms with E-state index in [1.54, 1.807) is 41.5 Å². The minimum Gasteiger partial charge on any atom is -0.375 e. The van der Waals surface area contributed by atoms with Crippen LogP contribution < -0.4 is 0 Å². The second-order valence-corrected chi connectivity index (χ2v) is 8.83. The number of nitrogens with zero attached hydrogens (tertiary/aromatic N) is 2. The number of halogens is 1. The first-order valence-corrected chi connectivity index (χ1v) is 11.4. The maximum atomic E-state index is 13.3. The second kappa shape index (κ2) is 11.2. The molecule has 1 fully saturated rings. The van der Waals surface area contributed by atoms with Gasteiger partial charge in [-0.3, -0.25) is 9.59 Å². The van der Waals surface area contributed by atoms with Gasteiger partial charge in [0, 0.05) is 44.2 Å². The summed E-state index contributed by atoms with van der Waals surface area (Å²) in [6.07, 6.45) is 5.76. The largest absolute Gasteiger partial charge is 0.375 e. The molecule has 166 valence electrons. The molecule has 1 aliphatic heterocycles. The summed E-state index contributed by atoms with van der Waals surface area (Å²) in [5, 5.41) is 1.98. The van der Waals surface area contributed by atoms with E-state index in [4.69, 9.17) is 4.74 Å². The average molecular weight is 445 g/mol. The van der Waals surface area contributed by atoms with Crippen LogP contribution in [0.5, 0.6) is 0 Å². The lowest BCUT2D eigenvalue weighted by molar-refractivity contribution is -0.138. The van der Waals surface area contributed by atoms with Crippen molar-refractivity contribution in [2.75, 3.05) is 33.9 Å². The molecule has 0 N–H and O–H groups in total. The Labute approximate surface area is 187 Å². The first-order valence-electron chi connectivity index (χ1n) is 10.5. The van der Waals surface area contributed by atoms with Crippen LogP contribution in [-0.2, 0) is 20.7 Å². The smallest absolute Gasteiger partial charge is 0.248 e. The van der Waals surface area contributed by atoms with Crippen LogP contribution in [0.2, 0.25) is 0 Å². The molecule has 1 unspecified atom stereocenters. The van der Waals surface area contributed by atoms with Crippen LogP contribution in [0.15, 0.2) is 47.9 Å². The van der Waals surface area contributed by atoms with Crippen LogP contribution in [0.25, 0.3) is 6.08 Å². The normalized spacial score (nSPS) is 15.9. The van der Waals surface area contributed by atoms with Crippen molar-refractivity contribution in [1.82, 2.24) is 9.80 Å². The number of amides is 2. The van der Waals surface area contributed by atoms with Gasteiger partial charge in [-0.1, -0.05) is 18.2 Å². The van der Waals surface area contributed by atoms with E-state index in [1.165, 1.54) is 19.2 Å². The Morgan fingerprint density at radius 2 is 1.97 bits per heavy atom. The predicted molar refractivity (Wildman–Crippen MR) is 121 cm³/mol. The molecule has 1 aromatic carbocycles. The van der Waals surface area contributed by atoms with Crippen molar-refractivity contribution in [3.05, 3.63) is 64.1 Å². The average Bonchev–Trinajstić information content (AvgIpc) is 3.31. The maximum absolute atomic E-state index is 13.3. The van der Waals surface area contributed by atoms with Gasteiger partial charge in [-0.25, -0.2) is 4.39 Å². The molecule has 0 aliphatic carbocycles. The zero-order chi connectivity index (χ0) is 22.2. The molecule has 2 heterocycles. The summed E-state index contributed by atoms with van der Waals surface area (Å²) in [6, 6.07) is 10.3. The number of likely N-dealkylation sites (tertiary alicyclic amines) is 1. The monoisotopic (exact) mass is 444 g/mol. The topological polar surface area (TPSA) is 49.9 Å². The van der Waals surface area contributed by atoms with Gasteiger partial charge in [0.25, 0.3) is 0 Å². The molecule has 5 nitrogen and oxygen atoms in total. The Hall–Kier alpha value is -2.51. The lowest BCUT2D eigenvalue weighted by atomic mass is 9.85. The highest BCUT2D eigenvalue weighted by Gasteiger charge is 2.32. The van der Waals surface area contributed by atoms with Crippen molar-refractivity contribution in [2.45, 2.75) is 25.3 Å². The molecule has 2 aromatic rings. The van der Waals surface area contributed by atoms with E-state index < -0.39 is 0 Å². The molecular formula is C24H29FN2O3S. The fourth-order valence-electron chi connectivity index (χ4n) is 4.04. The standard InChI is InChI=1S/C24H29FN2O3S/c1-26(24(29)17-30-2)22(16-18-5-7-20(25)8-6-18)19-11-13-27(14-12-19)23(28)10-9-21-4-3-15-31-21/h3-10,15,19,22H,11-14,16-17H2,1-2H3. The third-order valence-electron chi connectivity index (χ3n) is 5.85. The lowest BCUT2D eigenvalue weighted by Crippen LogP contribution is -2.49. The van der Waals surface area contributed by atoms with Crippen molar-refractivity contribution in [3.8, 4) is 0 Å². The summed E-state index contributed by atoms with van der Waals surface area (Å²) in [4.78, 5) is 29.7. The summed E-state index contributed by atoms with van der Waals surface area (Å²) in [5.41, 5.74) is 0.987. The Balaban J connectivity index is 1.64. The molecule has 1 saturated heterocycles. The van der Waals surface area contributed by atoms with Crippen LogP contribution in [0.1, 0.15) is 23.3 Å². The van der Waals surface area contributed by atoms with Gasteiger partial charge in [0.05, 0.1) is 0 Å². The van der Waals surface area contributed by atoms with Crippen molar-refractivity contribution in [3.63, 3.8) is 0 Å². The van der Waals surface area contributed by atoms with E-state index in [-0.39, 0.29) is 36.2 Å². The number of thiophene rings is 1. The van der Waals surface area contributed by atoms with Crippen LogP contribution >= 0.6 is 11.3 Å². The second-order valence-electron chi connectivity index (χ2n) is 7.85. The zero-order valence-electron chi connectivity index (χ0n) is 18.0. The van der Waals surface area contributed by atoms with Crippen LogP contribution in [-0.4, -0.2) is 61.5 Å². The van der Waals surface area contributed by atoms with E-state index in [2.05, 4.69) is 0 Å². The first kappa shape index (κ1) is 23.2. The summed E-state index contributed by atoms with van der Waals surface area (Å²) in [6.45, 7) is 1.34. The summed E-state index contributed by atoms with van der Waals surface area (Å²) in [5.74, 6) is -0.0783. The van der Waals surface area contributed by atoms with Crippen molar-refractivity contribution >= 4 is 29.2 Å². The Bertz CT molecular complexity index is 875. The molecule has 2 amide bonds. The van der Waals surface area contributed by atoms with Crippen molar-refractivity contribution in [1.29, 1.82) is 0 Å². The highest BCUT2D eigenvalue weighted by Crippen LogP contribution is 2.27. The number of ether oxygens (including phenoxy) is 1. The van der Waals surface area contributed by atoms with Gasteiger partial charge in [-0.2, -0.15) is 0 Å². The highest BCUT2D eigenvalue weighted by atomic mass is 32.1. The molecule has 1 atom stereocenters. The fraction of sp³-hybridized carbons (Fsp3) is 0.417. The van der Waals surface area contributed by atoms with Crippen molar-refractivity contribution in [2.24, 2.45) is 5.92 Å². The van der Waals surface area contributed by atoms with Gasteiger partial charge < -0.3 is 14.5 Å². The quantitative estimate of drug-likeness (QED) is 0.581. The van der Waals surface area contributed by atoms with Gasteiger partial charge in [-0.05, 0) is 60.4 Å². The van der Waals surface area contributed by atoms with Crippen LogP contribution in [0.3, 0.4) is 0 Å². The third kappa shape index (κ3) is 6.48. The van der Waals surface area contributed by atoms with Crippen LogP contribution in [0.4, 0.5) is 4.39 Å². The van der Waals surface area contributed by atoms with Crippen molar-refractivity contribution < 1.29 is 18.7 Å². The number of piperidine rings is 1. The molecular weight excluding hydrogens is 415 g/mol. The van der Waals surface area contributed by atoms with E-state index in [1.807, 2.05) is 28.5 Å². The van der Waals surface area contributed by atoms with E-state index in [0.29, 0.717) is 19.5 Å². The molecule has 31 heavy (non-hydrogen) atoms. The number of hydrogen-bond donors (Lipinski definition) is 0. The van der Waals surface area contributed by atoms with E-state index in [0.717, 1.165) is 23.3 Å². The fourth-order valence-corrected chi connectivity index (χ4v) is 4.66. The highest BCUT2D eigenvalue weighted by molar-refractivity contribution is 7.10. The Kier molecular flexibility index (Phi) is 8.37. The molecule has 0 spiro atoms. The van der Waals surface area contributed by atoms with Gasteiger partial charge in [-0.15, -0.1) is 11.3 Å². The number of benzene rings is 1. The SMILES string of the molecule is COCC(=O)N(C)C(Cc1ccc(F)cc1)C1CCN(C(=O)C=Cc2cccs2)CC1. The van der Waals surface area contributed by atoms with E-state index in [9.17, 15) is 14.0 Å². The van der Waals surface area contributed by atoms with Crippen LogP contribution in [0, 0.1) is 11.7 Å². The molecule has 0 bridgehead atoms. The van der Waals surface area contributed by atoms with Gasteiger partial charge in [0.2, 0.25) is 11.8 Å². The number of carbonyl (C=O) groups is 2. The first-order chi connectivity index (χ1) is 15.0. The number of rotatable bonds is 8.